The van der Waals surface area contributed by atoms with Crippen molar-refractivity contribution in [3.05, 3.63) is 11.3 Å². The number of ether oxygens (including phenoxy) is 1. The highest BCUT2D eigenvalue weighted by atomic mass is 16.5. The predicted octanol–water partition coefficient (Wildman–Crippen LogP) is 0.0507. The fraction of sp³-hybridized carbons (Fsp3) is 0.375. The molecular weight excluding hydrogens is 184 g/mol. The summed E-state index contributed by atoms with van der Waals surface area (Å²) in [4.78, 5) is 11.3. The summed E-state index contributed by atoms with van der Waals surface area (Å²) in [6, 6.07) is 1.81. The third-order valence-corrected chi connectivity index (χ3v) is 1.67. The number of esters is 1. The van der Waals surface area contributed by atoms with Crippen molar-refractivity contribution in [1.82, 2.24) is 9.78 Å². The van der Waals surface area contributed by atoms with Gasteiger partial charge in [-0.15, -0.1) is 0 Å². The molecule has 0 aliphatic carbocycles. The standard InChI is InChI=1S/C8H10N4O2/c1-3-14-8(13)6-5(4-9)7(10)12(2)11-6/h3,10H2,1-2H3. The van der Waals surface area contributed by atoms with Crippen LogP contribution in [0.25, 0.3) is 0 Å². The molecule has 1 aromatic rings. The monoisotopic (exact) mass is 194 g/mol. The molecule has 0 bridgehead atoms. The van der Waals surface area contributed by atoms with E-state index < -0.39 is 5.97 Å². The highest BCUT2D eigenvalue weighted by Crippen LogP contribution is 2.15. The van der Waals surface area contributed by atoms with E-state index in [0.717, 1.165) is 0 Å². The van der Waals surface area contributed by atoms with Gasteiger partial charge in [0, 0.05) is 7.05 Å². The molecule has 0 radical (unpaired) electrons. The molecule has 74 valence electrons. The number of aromatic nitrogens is 2. The van der Waals surface area contributed by atoms with Gasteiger partial charge < -0.3 is 10.5 Å². The molecule has 0 saturated heterocycles. The number of carbonyl (C=O) groups excluding carboxylic acids is 1. The molecule has 14 heavy (non-hydrogen) atoms. The molecule has 2 N–H and O–H groups in total. The molecule has 6 nitrogen and oxygen atoms in total. The number of anilines is 1. The van der Waals surface area contributed by atoms with Gasteiger partial charge in [0.15, 0.2) is 5.69 Å². The average Bonchev–Trinajstić information content (AvgIpc) is 2.44. The number of nitrogens with zero attached hydrogens (tertiary/aromatic N) is 3. The van der Waals surface area contributed by atoms with Crippen LogP contribution in [0.2, 0.25) is 0 Å². The minimum atomic E-state index is -0.628. The van der Waals surface area contributed by atoms with Gasteiger partial charge >= 0.3 is 5.97 Å². The van der Waals surface area contributed by atoms with Crippen molar-refractivity contribution in [3.63, 3.8) is 0 Å². The van der Waals surface area contributed by atoms with Gasteiger partial charge in [-0.25, -0.2) is 4.79 Å². The molecule has 1 rings (SSSR count). The van der Waals surface area contributed by atoms with Crippen LogP contribution in [0.5, 0.6) is 0 Å². The Morgan fingerprint density at radius 3 is 2.93 bits per heavy atom. The molecule has 1 heterocycles. The normalized spacial score (nSPS) is 9.50. The topological polar surface area (TPSA) is 93.9 Å². The molecule has 0 amide bonds. The van der Waals surface area contributed by atoms with Gasteiger partial charge in [-0.3, -0.25) is 4.68 Å². The Labute approximate surface area is 80.9 Å². The Morgan fingerprint density at radius 2 is 2.43 bits per heavy atom. The zero-order chi connectivity index (χ0) is 10.7. The maximum atomic E-state index is 11.3. The van der Waals surface area contributed by atoms with Crippen molar-refractivity contribution >= 4 is 11.8 Å². The number of nitriles is 1. The van der Waals surface area contributed by atoms with Crippen molar-refractivity contribution in [2.24, 2.45) is 7.05 Å². The van der Waals surface area contributed by atoms with Gasteiger partial charge in [-0.05, 0) is 6.92 Å². The first-order chi connectivity index (χ1) is 6.61. The van der Waals surface area contributed by atoms with Crippen molar-refractivity contribution in [1.29, 1.82) is 5.26 Å². The lowest BCUT2D eigenvalue weighted by molar-refractivity contribution is 0.0518. The molecule has 0 aliphatic rings. The fourth-order valence-corrected chi connectivity index (χ4v) is 0.990. The lowest BCUT2D eigenvalue weighted by Crippen LogP contribution is -2.07. The first-order valence-electron chi connectivity index (χ1n) is 4.01. The van der Waals surface area contributed by atoms with Gasteiger partial charge in [-0.2, -0.15) is 10.4 Å². The van der Waals surface area contributed by atoms with E-state index >= 15 is 0 Å². The zero-order valence-corrected chi connectivity index (χ0v) is 7.94. The maximum absolute atomic E-state index is 11.3. The molecule has 0 atom stereocenters. The third kappa shape index (κ3) is 1.52. The molecule has 0 fully saturated rings. The van der Waals surface area contributed by atoms with E-state index in [1.54, 1.807) is 14.0 Å². The summed E-state index contributed by atoms with van der Waals surface area (Å²) in [5.41, 5.74) is 5.55. The second kappa shape index (κ2) is 3.79. The Hall–Kier alpha value is -2.03. The van der Waals surface area contributed by atoms with Gasteiger partial charge in [-0.1, -0.05) is 0 Å². The van der Waals surface area contributed by atoms with E-state index in [2.05, 4.69) is 5.10 Å². The van der Waals surface area contributed by atoms with Crippen molar-refractivity contribution < 1.29 is 9.53 Å². The first kappa shape index (κ1) is 10.1. The predicted molar refractivity (Wildman–Crippen MR) is 48.3 cm³/mol. The minimum Gasteiger partial charge on any atom is -0.461 e. The Bertz CT molecular complexity index is 402. The SMILES string of the molecule is CCOC(=O)c1nn(C)c(N)c1C#N. The van der Waals surface area contributed by atoms with Crippen LogP contribution in [0.4, 0.5) is 5.82 Å². The van der Waals surface area contributed by atoms with Crippen LogP contribution in [0.3, 0.4) is 0 Å². The summed E-state index contributed by atoms with van der Waals surface area (Å²) in [5, 5.41) is 12.5. The highest BCUT2D eigenvalue weighted by Gasteiger charge is 2.20. The molecule has 0 saturated carbocycles. The molecule has 0 aliphatic heterocycles. The summed E-state index contributed by atoms with van der Waals surface area (Å²) in [6.45, 7) is 1.91. The number of rotatable bonds is 2. The molecule has 6 heteroatoms. The molecule has 0 aromatic carbocycles. The second-order valence-electron chi connectivity index (χ2n) is 2.56. The summed E-state index contributed by atoms with van der Waals surface area (Å²) in [5.74, 6) is -0.466. The van der Waals surface area contributed by atoms with E-state index in [1.165, 1.54) is 4.68 Å². The highest BCUT2D eigenvalue weighted by molar-refractivity contribution is 5.91. The van der Waals surface area contributed by atoms with Crippen LogP contribution in [-0.2, 0) is 11.8 Å². The smallest absolute Gasteiger partial charge is 0.360 e. The first-order valence-corrected chi connectivity index (χ1v) is 4.01. The van der Waals surface area contributed by atoms with E-state index in [9.17, 15) is 4.79 Å². The van der Waals surface area contributed by atoms with Crippen molar-refractivity contribution in [3.8, 4) is 6.07 Å². The minimum absolute atomic E-state index is 0.0330. The maximum Gasteiger partial charge on any atom is 0.360 e. The number of nitrogen functional groups attached to an aromatic ring is 1. The number of hydrogen-bond donors (Lipinski definition) is 1. The Morgan fingerprint density at radius 1 is 1.79 bits per heavy atom. The zero-order valence-electron chi connectivity index (χ0n) is 7.94. The summed E-state index contributed by atoms with van der Waals surface area (Å²) in [7, 11) is 1.55. The Balaban J connectivity index is 3.16. The van der Waals surface area contributed by atoms with Gasteiger partial charge in [0.2, 0.25) is 0 Å². The molecule has 0 spiro atoms. The number of carbonyl (C=O) groups is 1. The van der Waals surface area contributed by atoms with E-state index in [0.29, 0.717) is 0 Å². The number of hydrogen-bond acceptors (Lipinski definition) is 5. The van der Waals surface area contributed by atoms with Crippen molar-refractivity contribution in [2.45, 2.75) is 6.92 Å². The summed E-state index contributed by atoms with van der Waals surface area (Å²) in [6.07, 6.45) is 0. The molecule has 0 unspecified atom stereocenters. The number of nitrogens with two attached hydrogens (primary N) is 1. The largest absolute Gasteiger partial charge is 0.461 e. The van der Waals surface area contributed by atoms with Gasteiger partial charge in [0.05, 0.1) is 6.61 Å². The van der Waals surface area contributed by atoms with E-state index in [-0.39, 0.29) is 23.7 Å². The molecule has 1 aromatic heterocycles. The third-order valence-electron chi connectivity index (χ3n) is 1.67. The van der Waals surface area contributed by atoms with Crippen LogP contribution in [0.15, 0.2) is 0 Å². The van der Waals surface area contributed by atoms with Crippen LogP contribution in [-0.4, -0.2) is 22.4 Å². The van der Waals surface area contributed by atoms with Gasteiger partial charge in [0.1, 0.15) is 17.5 Å². The van der Waals surface area contributed by atoms with Crippen LogP contribution >= 0.6 is 0 Å². The second-order valence-corrected chi connectivity index (χ2v) is 2.56. The van der Waals surface area contributed by atoms with Gasteiger partial charge in [0.25, 0.3) is 0 Å². The quantitative estimate of drug-likeness (QED) is 0.671. The summed E-state index contributed by atoms with van der Waals surface area (Å²) >= 11 is 0. The van der Waals surface area contributed by atoms with Crippen LogP contribution < -0.4 is 5.73 Å². The van der Waals surface area contributed by atoms with E-state index in [1.807, 2.05) is 6.07 Å². The lowest BCUT2D eigenvalue weighted by atomic mass is 10.2. The van der Waals surface area contributed by atoms with Crippen molar-refractivity contribution in [2.75, 3.05) is 12.3 Å². The average molecular weight is 194 g/mol. The summed E-state index contributed by atoms with van der Waals surface area (Å²) < 4.78 is 5.99. The van der Waals surface area contributed by atoms with Crippen LogP contribution in [0, 0.1) is 11.3 Å². The fourth-order valence-electron chi connectivity index (χ4n) is 0.990. The lowest BCUT2D eigenvalue weighted by Gasteiger charge is -1.96. The number of aryl methyl sites for hydroxylation is 1. The van der Waals surface area contributed by atoms with E-state index in [4.69, 9.17) is 15.7 Å². The Kier molecular flexibility index (Phi) is 2.72. The van der Waals surface area contributed by atoms with Crippen LogP contribution in [0.1, 0.15) is 23.0 Å². The molecular formula is C8H10N4O2.